The van der Waals surface area contributed by atoms with E-state index in [0.717, 1.165) is 6.42 Å². The van der Waals surface area contributed by atoms with Crippen LogP contribution >= 0.6 is 0 Å². The van der Waals surface area contributed by atoms with Gasteiger partial charge in [0.25, 0.3) is 0 Å². The van der Waals surface area contributed by atoms with Gasteiger partial charge < -0.3 is 0 Å². The Bertz CT molecular complexity index is 717. The van der Waals surface area contributed by atoms with E-state index >= 15 is 0 Å². The quantitative estimate of drug-likeness (QED) is 0.514. The zero-order valence-electron chi connectivity index (χ0n) is 13.0. The van der Waals surface area contributed by atoms with Crippen LogP contribution in [0.4, 0.5) is 0 Å². The second kappa shape index (κ2) is 6.80. The summed E-state index contributed by atoms with van der Waals surface area (Å²) in [6, 6.07) is 20.2. The van der Waals surface area contributed by atoms with Crippen molar-refractivity contribution in [1.82, 2.24) is 0 Å². The molecule has 0 heterocycles. The normalized spacial score (nSPS) is 10.9. The van der Waals surface area contributed by atoms with Crippen LogP contribution in [0.15, 0.2) is 54.6 Å². The molecule has 0 nitrogen and oxygen atoms in total. The Morgan fingerprint density at radius 3 is 2.33 bits per heavy atom. The van der Waals surface area contributed by atoms with E-state index in [2.05, 4.69) is 75.4 Å². The Balaban J connectivity index is 0.00000161. The molecule has 0 bridgehead atoms. The molecule has 0 aromatic heterocycles. The van der Waals surface area contributed by atoms with Gasteiger partial charge in [0.2, 0.25) is 0 Å². The largest absolute Gasteiger partial charge is 0.164 e. The third-order valence-corrected chi connectivity index (χ3v) is 4.11. The van der Waals surface area contributed by atoms with Crippen molar-refractivity contribution < 1.29 is 26.2 Å². The van der Waals surface area contributed by atoms with Crippen LogP contribution in [0.2, 0.25) is 0 Å². The first-order chi connectivity index (χ1) is 9.69. The monoisotopic (exact) mass is 351 g/mol. The Morgan fingerprint density at radius 2 is 1.71 bits per heavy atom. The summed E-state index contributed by atoms with van der Waals surface area (Å²) in [6.45, 7) is 6.69. The smallest absolute Gasteiger partial charge is 0 e. The topological polar surface area (TPSA) is 0 Å². The summed E-state index contributed by atoms with van der Waals surface area (Å²) in [5.41, 5.74) is 5.48. The molecule has 0 unspecified atom stereocenters. The van der Waals surface area contributed by atoms with Gasteiger partial charge in [-0.1, -0.05) is 56.7 Å². The number of aryl methyl sites for hydroxylation is 1. The van der Waals surface area contributed by atoms with E-state index in [4.69, 9.17) is 0 Å². The second-order valence-electron chi connectivity index (χ2n) is 5.80. The number of rotatable bonds is 3. The Morgan fingerprint density at radius 1 is 1.00 bits per heavy atom. The minimum absolute atomic E-state index is 0. The summed E-state index contributed by atoms with van der Waals surface area (Å²) < 4.78 is 0. The van der Waals surface area contributed by atoms with Crippen LogP contribution in [0.25, 0.3) is 21.9 Å². The predicted molar refractivity (Wildman–Crippen MR) is 88.4 cm³/mol. The minimum Gasteiger partial charge on any atom is -0.164 e. The molecule has 0 atom stereocenters. The number of hydrogen-bond acceptors (Lipinski definition) is 0. The third-order valence-electron chi connectivity index (χ3n) is 4.11. The van der Waals surface area contributed by atoms with E-state index in [-0.39, 0.29) is 26.2 Å². The summed E-state index contributed by atoms with van der Waals surface area (Å²) >= 11 is 0. The molecule has 0 N–H and O–H groups in total. The number of hydrogen-bond donors (Lipinski definition) is 0. The van der Waals surface area contributed by atoms with Crippen LogP contribution in [0.5, 0.6) is 0 Å². The number of fused-ring (bicyclic) bond motifs is 1. The fraction of sp³-hybridized carbons (Fsp3) is 0.250. The van der Waals surface area contributed by atoms with Crippen LogP contribution in [-0.4, -0.2) is 0 Å². The van der Waals surface area contributed by atoms with Crippen LogP contribution in [0.3, 0.4) is 0 Å². The molecular formula is C20H21Zr-. The van der Waals surface area contributed by atoms with E-state index in [0.29, 0.717) is 5.92 Å². The summed E-state index contributed by atoms with van der Waals surface area (Å²) in [6.07, 6.45) is 1.10. The Hall–Kier alpha value is -1.07. The summed E-state index contributed by atoms with van der Waals surface area (Å²) in [4.78, 5) is 0. The Kier molecular flexibility index (Phi) is 5.28. The van der Waals surface area contributed by atoms with Gasteiger partial charge in [-0.2, -0.15) is 6.07 Å². The average molecular weight is 353 g/mol. The minimum atomic E-state index is 0. The maximum Gasteiger partial charge on any atom is 0 e. The number of benzene rings is 2. The second-order valence-corrected chi connectivity index (χ2v) is 5.80. The molecule has 21 heavy (non-hydrogen) atoms. The summed E-state index contributed by atoms with van der Waals surface area (Å²) in [5.74, 6) is 0.588. The van der Waals surface area contributed by atoms with Crippen LogP contribution < -0.4 is 0 Å². The van der Waals surface area contributed by atoms with Crippen LogP contribution in [0.1, 0.15) is 37.8 Å². The van der Waals surface area contributed by atoms with Crippen molar-refractivity contribution in [3.63, 3.8) is 0 Å². The molecule has 0 aliphatic heterocycles. The van der Waals surface area contributed by atoms with Gasteiger partial charge in [0, 0.05) is 26.2 Å². The zero-order chi connectivity index (χ0) is 14.1. The van der Waals surface area contributed by atoms with Gasteiger partial charge in [0.15, 0.2) is 0 Å². The van der Waals surface area contributed by atoms with Crippen LogP contribution in [-0.2, 0) is 32.6 Å². The molecule has 3 aromatic carbocycles. The molecule has 1 heteroatoms. The van der Waals surface area contributed by atoms with Crippen molar-refractivity contribution >= 4 is 10.8 Å². The molecule has 106 valence electrons. The first kappa shape index (κ1) is 16.3. The molecule has 0 amide bonds. The first-order valence-electron chi connectivity index (χ1n) is 7.47. The van der Waals surface area contributed by atoms with Gasteiger partial charge in [0.05, 0.1) is 0 Å². The van der Waals surface area contributed by atoms with Crippen molar-refractivity contribution in [2.45, 2.75) is 33.1 Å². The van der Waals surface area contributed by atoms with E-state index < -0.39 is 0 Å². The molecule has 0 saturated carbocycles. The fourth-order valence-corrected chi connectivity index (χ4v) is 2.80. The molecule has 0 aliphatic rings. The van der Waals surface area contributed by atoms with Crippen molar-refractivity contribution in [1.29, 1.82) is 0 Å². The average Bonchev–Trinajstić information content (AvgIpc) is 2.90. The molecule has 0 fully saturated rings. The van der Waals surface area contributed by atoms with Crippen molar-refractivity contribution in [3.05, 3.63) is 65.7 Å². The molecular weight excluding hydrogens is 331 g/mol. The molecule has 3 aromatic rings. The molecule has 0 radical (unpaired) electrons. The van der Waals surface area contributed by atoms with Crippen molar-refractivity contribution in [2.24, 2.45) is 0 Å². The molecule has 3 rings (SSSR count). The molecule has 0 saturated heterocycles. The van der Waals surface area contributed by atoms with E-state index in [1.165, 1.54) is 33.0 Å². The molecule has 0 spiro atoms. The van der Waals surface area contributed by atoms with E-state index in [9.17, 15) is 0 Å². The van der Waals surface area contributed by atoms with Gasteiger partial charge in [0.1, 0.15) is 0 Å². The van der Waals surface area contributed by atoms with Crippen molar-refractivity contribution in [2.75, 3.05) is 0 Å². The molecule has 0 aliphatic carbocycles. The van der Waals surface area contributed by atoms with Crippen LogP contribution in [0, 0.1) is 0 Å². The van der Waals surface area contributed by atoms with Gasteiger partial charge in [-0.25, -0.2) is 0 Å². The third kappa shape index (κ3) is 3.24. The Labute approximate surface area is 146 Å². The van der Waals surface area contributed by atoms with E-state index in [1.54, 1.807) is 0 Å². The maximum atomic E-state index is 2.33. The van der Waals surface area contributed by atoms with Gasteiger partial charge >= 0.3 is 0 Å². The van der Waals surface area contributed by atoms with Gasteiger partial charge in [-0.05, 0) is 23.5 Å². The fourth-order valence-electron chi connectivity index (χ4n) is 2.80. The van der Waals surface area contributed by atoms with Gasteiger partial charge in [-0.3, -0.25) is 0 Å². The summed E-state index contributed by atoms with van der Waals surface area (Å²) in [7, 11) is 0. The van der Waals surface area contributed by atoms with Gasteiger partial charge in [-0.15, -0.1) is 34.5 Å². The summed E-state index contributed by atoms with van der Waals surface area (Å²) in [5, 5.41) is 2.73. The first-order valence-corrected chi connectivity index (χ1v) is 7.47. The van der Waals surface area contributed by atoms with Crippen molar-refractivity contribution in [3.8, 4) is 11.1 Å². The predicted octanol–water partition coefficient (Wildman–Crippen LogP) is 5.91. The zero-order valence-corrected chi connectivity index (χ0v) is 15.4. The standard InChI is InChI=1S/C20H21.Zr/c1-4-15-12-18-6-5-7-19(20(18)13-15)17-10-8-16(9-11-17)14(2)3;/h5-14H,4H2,1-3H3;/q-1;. The van der Waals surface area contributed by atoms with E-state index in [1.807, 2.05) is 0 Å². The SMILES string of the molecule is CCc1cc2c(-c3ccc(C(C)C)cc3)cccc2[cH-]1.[Zr]. The maximum absolute atomic E-state index is 2.33.